The summed E-state index contributed by atoms with van der Waals surface area (Å²) < 4.78 is 2.03. The number of hydrogen-bond acceptors (Lipinski definition) is 2. The third-order valence-electron chi connectivity index (χ3n) is 4.75. The van der Waals surface area contributed by atoms with Gasteiger partial charge in [0.25, 0.3) is 0 Å². The first-order chi connectivity index (χ1) is 10.6. The fraction of sp³-hybridized carbons (Fsp3) is 0.765. The summed E-state index contributed by atoms with van der Waals surface area (Å²) in [6.45, 7) is 9.74. The molecule has 0 unspecified atom stereocenters. The summed E-state index contributed by atoms with van der Waals surface area (Å²) in [5.41, 5.74) is 3.88. The molecule has 132 valence electrons. The van der Waals surface area contributed by atoms with Crippen LogP contribution in [0.5, 0.6) is 0 Å². The average molecular weight is 433 g/mol. The Labute approximate surface area is 157 Å². The first-order valence-electron chi connectivity index (χ1n) is 8.59. The molecular formula is C17H32IN5. The van der Waals surface area contributed by atoms with E-state index in [4.69, 9.17) is 0 Å². The Kier molecular flexibility index (Phi) is 8.36. The minimum absolute atomic E-state index is 0. The van der Waals surface area contributed by atoms with Crippen LogP contribution >= 0.6 is 24.0 Å². The Hall–Kier alpha value is -0.790. The molecule has 1 aromatic heterocycles. The number of nitrogens with zero attached hydrogens (tertiary/aromatic N) is 4. The number of guanidine groups is 1. The lowest BCUT2D eigenvalue weighted by atomic mass is 9.99. The predicted octanol–water partition coefficient (Wildman–Crippen LogP) is 2.97. The molecule has 0 spiro atoms. The van der Waals surface area contributed by atoms with Gasteiger partial charge in [0, 0.05) is 45.0 Å². The van der Waals surface area contributed by atoms with E-state index in [9.17, 15) is 0 Å². The van der Waals surface area contributed by atoms with Gasteiger partial charge < -0.3 is 10.2 Å². The molecule has 23 heavy (non-hydrogen) atoms. The van der Waals surface area contributed by atoms with Crippen LogP contribution in [0.3, 0.4) is 0 Å². The fourth-order valence-corrected chi connectivity index (χ4v) is 3.31. The van der Waals surface area contributed by atoms with Gasteiger partial charge in [-0.2, -0.15) is 5.10 Å². The lowest BCUT2D eigenvalue weighted by molar-refractivity contribution is 0.273. The highest BCUT2D eigenvalue weighted by Crippen LogP contribution is 2.17. The molecule has 1 aromatic rings. The van der Waals surface area contributed by atoms with Gasteiger partial charge in [-0.05, 0) is 31.6 Å². The minimum Gasteiger partial charge on any atom is -0.352 e. The summed E-state index contributed by atoms with van der Waals surface area (Å²) in [4.78, 5) is 6.86. The normalized spacial score (nSPS) is 16.4. The van der Waals surface area contributed by atoms with Gasteiger partial charge in [0.1, 0.15) is 0 Å². The molecule has 6 heteroatoms. The number of aryl methyl sites for hydroxylation is 2. The lowest BCUT2D eigenvalue weighted by Crippen LogP contribution is -2.45. The molecule has 1 fully saturated rings. The summed E-state index contributed by atoms with van der Waals surface area (Å²) in [5, 5.41) is 8.20. The van der Waals surface area contributed by atoms with Crippen LogP contribution in [0.15, 0.2) is 4.99 Å². The highest BCUT2D eigenvalue weighted by molar-refractivity contribution is 14.0. The third kappa shape index (κ3) is 4.84. The third-order valence-corrected chi connectivity index (χ3v) is 4.75. The zero-order valence-corrected chi connectivity index (χ0v) is 17.6. The van der Waals surface area contributed by atoms with Gasteiger partial charge in [-0.15, -0.1) is 24.0 Å². The summed E-state index contributed by atoms with van der Waals surface area (Å²) in [6.07, 6.45) is 4.51. The molecule has 2 rings (SSSR count). The first-order valence-corrected chi connectivity index (χ1v) is 8.59. The second-order valence-corrected chi connectivity index (χ2v) is 6.27. The number of piperidine rings is 1. The van der Waals surface area contributed by atoms with Crippen molar-refractivity contribution in [2.45, 2.75) is 53.0 Å². The number of rotatable bonds is 4. The standard InChI is InChI=1S/C17H31N5.HI/c1-6-15-14(16(7-2)21(5)20-15)12-19-17(18-4)22-10-8-13(3)9-11-22;/h13H,6-12H2,1-5H3,(H,18,19);1H. The molecule has 0 amide bonds. The molecule has 2 heterocycles. The predicted molar refractivity (Wildman–Crippen MR) is 108 cm³/mol. The van der Waals surface area contributed by atoms with Crippen LogP contribution in [0.2, 0.25) is 0 Å². The Balaban J connectivity index is 0.00000264. The molecule has 0 aliphatic carbocycles. The fourth-order valence-electron chi connectivity index (χ4n) is 3.31. The van der Waals surface area contributed by atoms with Gasteiger partial charge in [0.2, 0.25) is 0 Å². The number of hydrogen-bond donors (Lipinski definition) is 1. The summed E-state index contributed by atoms with van der Waals surface area (Å²) in [6, 6.07) is 0. The Morgan fingerprint density at radius 2 is 1.91 bits per heavy atom. The molecule has 5 nitrogen and oxygen atoms in total. The van der Waals surface area contributed by atoms with E-state index < -0.39 is 0 Å². The Bertz CT molecular complexity index is 515. The van der Waals surface area contributed by atoms with Crippen molar-refractivity contribution in [1.82, 2.24) is 20.0 Å². The molecule has 0 radical (unpaired) electrons. The van der Waals surface area contributed by atoms with Crippen LogP contribution in [0.25, 0.3) is 0 Å². The number of nitrogens with one attached hydrogen (secondary N) is 1. The smallest absolute Gasteiger partial charge is 0.193 e. The van der Waals surface area contributed by atoms with Crippen molar-refractivity contribution in [3.05, 3.63) is 17.0 Å². The van der Waals surface area contributed by atoms with Gasteiger partial charge in [-0.25, -0.2) is 0 Å². The van der Waals surface area contributed by atoms with Crippen molar-refractivity contribution in [3.63, 3.8) is 0 Å². The average Bonchev–Trinajstić information content (AvgIpc) is 2.84. The van der Waals surface area contributed by atoms with Crippen molar-refractivity contribution in [1.29, 1.82) is 0 Å². The molecule has 0 bridgehead atoms. The van der Waals surface area contributed by atoms with Crippen molar-refractivity contribution in [2.75, 3.05) is 20.1 Å². The topological polar surface area (TPSA) is 45.5 Å². The highest BCUT2D eigenvalue weighted by atomic mass is 127. The van der Waals surface area contributed by atoms with Gasteiger partial charge in [0.05, 0.1) is 5.69 Å². The second kappa shape index (κ2) is 9.49. The quantitative estimate of drug-likeness (QED) is 0.451. The number of aromatic nitrogens is 2. The van der Waals surface area contributed by atoms with Gasteiger partial charge in [-0.1, -0.05) is 20.8 Å². The van der Waals surface area contributed by atoms with E-state index in [0.717, 1.165) is 44.4 Å². The van der Waals surface area contributed by atoms with Crippen LogP contribution in [0.4, 0.5) is 0 Å². The van der Waals surface area contributed by atoms with E-state index in [1.165, 1.54) is 29.8 Å². The number of aliphatic imine (C=N–C) groups is 1. The van der Waals surface area contributed by atoms with Gasteiger partial charge >= 0.3 is 0 Å². The van der Waals surface area contributed by atoms with Crippen molar-refractivity contribution in [2.24, 2.45) is 18.0 Å². The molecule has 1 saturated heterocycles. The largest absolute Gasteiger partial charge is 0.352 e. The Morgan fingerprint density at radius 3 is 2.43 bits per heavy atom. The van der Waals surface area contributed by atoms with Crippen LogP contribution in [0, 0.1) is 5.92 Å². The molecule has 1 N–H and O–H groups in total. The molecule has 0 atom stereocenters. The molecule has 0 saturated carbocycles. The summed E-state index contributed by atoms with van der Waals surface area (Å²) in [5.74, 6) is 1.87. The highest BCUT2D eigenvalue weighted by Gasteiger charge is 2.20. The maximum Gasteiger partial charge on any atom is 0.193 e. The van der Waals surface area contributed by atoms with Crippen LogP contribution in [-0.2, 0) is 26.4 Å². The molecule has 0 aromatic carbocycles. The van der Waals surface area contributed by atoms with Crippen LogP contribution in [-0.4, -0.2) is 40.8 Å². The van der Waals surface area contributed by atoms with E-state index in [1.807, 2.05) is 18.8 Å². The maximum atomic E-state index is 4.65. The zero-order chi connectivity index (χ0) is 16.1. The van der Waals surface area contributed by atoms with Crippen LogP contribution < -0.4 is 5.32 Å². The summed E-state index contributed by atoms with van der Waals surface area (Å²) >= 11 is 0. The van der Waals surface area contributed by atoms with Gasteiger partial charge in [-0.3, -0.25) is 9.67 Å². The van der Waals surface area contributed by atoms with E-state index in [-0.39, 0.29) is 24.0 Å². The zero-order valence-electron chi connectivity index (χ0n) is 15.2. The summed E-state index contributed by atoms with van der Waals surface area (Å²) in [7, 11) is 3.92. The van der Waals surface area contributed by atoms with Crippen LogP contribution in [0.1, 0.15) is 50.6 Å². The van der Waals surface area contributed by atoms with Crippen molar-refractivity contribution >= 4 is 29.9 Å². The molecule has 1 aliphatic heterocycles. The first kappa shape index (κ1) is 20.3. The van der Waals surface area contributed by atoms with E-state index in [2.05, 4.69) is 41.1 Å². The van der Waals surface area contributed by atoms with Crippen molar-refractivity contribution in [3.8, 4) is 0 Å². The monoisotopic (exact) mass is 433 g/mol. The number of likely N-dealkylation sites (tertiary alicyclic amines) is 1. The van der Waals surface area contributed by atoms with E-state index in [0.29, 0.717) is 0 Å². The maximum absolute atomic E-state index is 4.65. The van der Waals surface area contributed by atoms with E-state index in [1.54, 1.807) is 0 Å². The van der Waals surface area contributed by atoms with Gasteiger partial charge in [0.15, 0.2) is 5.96 Å². The molecule has 1 aliphatic rings. The van der Waals surface area contributed by atoms with E-state index >= 15 is 0 Å². The number of halogens is 1. The minimum atomic E-state index is 0. The SMILES string of the molecule is CCc1nn(C)c(CC)c1CNC(=NC)N1CCC(C)CC1.I. The lowest BCUT2D eigenvalue weighted by Gasteiger charge is -2.33. The second-order valence-electron chi connectivity index (χ2n) is 6.27. The molecular weight excluding hydrogens is 401 g/mol. The Morgan fingerprint density at radius 1 is 1.26 bits per heavy atom. The van der Waals surface area contributed by atoms with Crippen molar-refractivity contribution < 1.29 is 0 Å².